The van der Waals surface area contributed by atoms with Crippen molar-refractivity contribution in [3.05, 3.63) is 17.4 Å². The zero-order chi connectivity index (χ0) is 11.0. The first kappa shape index (κ1) is 13.3. The summed E-state index contributed by atoms with van der Waals surface area (Å²) in [4.78, 5) is 0. The van der Waals surface area contributed by atoms with Crippen LogP contribution < -0.4 is 0 Å². The van der Waals surface area contributed by atoms with Crippen molar-refractivity contribution in [2.24, 2.45) is 0 Å². The van der Waals surface area contributed by atoms with E-state index < -0.39 is 8.07 Å². The van der Waals surface area contributed by atoms with Crippen molar-refractivity contribution in [3.8, 4) is 11.5 Å². The molecule has 2 heteroatoms. The lowest BCUT2D eigenvalue weighted by molar-refractivity contribution is 0.199. The van der Waals surface area contributed by atoms with Crippen LogP contribution in [-0.2, 0) is 4.74 Å². The lowest BCUT2D eigenvalue weighted by atomic mass is 10.4. The van der Waals surface area contributed by atoms with Crippen LogP contribution in [-0.4, -0.2) is 21.3 Å². The van der Waals surface area contributed by atoms with Crippen molar-refractivity contribution >= 4 is 8.07 Å². The zero-order valence-corrected chi connectivity index (χ0v) is 10.9. The molecule has 0 radical (unpaired) electrons. The summed E-state index contributed by atoms with van der Waals surface area (Å²) < 4.78 is 5.30. The lowest BCUT2D eigenvalue weighted by Gasteiger charge is -2.03. The molecular formula is C12H20OSi. The largest absolute Gasteiger partial charge is 0.364 e. The lowest BCUT2D eigenvalue weighted by Crippen LogP contribution is -2.16. The molecule has 0 fully saturated rings. The number of ether oxygens (including phenoxy) is 1. The number of hydrogen-bond acceptors (Lipinski definition) is 1. The maximum absolute atomic E-state index is 5.30. The van der Waals surface area contributed by atoms with E-state index in [0.717, 1.165) is 0 Å². The minimum Gasteiger partial charge on any atom is -0.364 e. The Labute approximate surface area is 88.9 Å². The Kier molecular flexibility index (Phi) is 6.32. The van der Waals surface area contributed by atoms with Crippen LogP contribution in [0.25, 0.3) is 0 Å². The van der Waals surface area contributed by atoms with E-state index in [4.69, 9.17) is 4.74 Å². The van der Waals surface area contributed by atoms with E-state index >= 15 is 0 Å². The highest BCUT2D eigenvalue weighted by molar-refractivity contribution is 6.83. The summed E-state index contributed by atoms with van der Waals surface area (Å²) in [6.45, 7) is 11.8. The molecule has 0 amide bonds. The molecule has 0 saturated heterocycles. The molecule has 0 saturated carbocycles. The second-order valence-corrected chi connectivity index (χ2v) is 9.17. The second-order valence-electron chi connectivity index (χ2n) is 4.42. The van der Waals surface area contributed by atoms with Gasteiger partial charge in [0.15, 0.2) is 0 Å². The number of hydrogen-bond donors (Lipinski definition) is 0. The maximum atomic E-state index is 5.30. The van der Waals surface area contributed by atoms with Gasteiger partial charge in [-0.3, -0.25) is 0 Å². The van der Waals surface area contributed by atoms with Gasteiger partial charge in [0.05, 0.1) is 6.61 Å². The number of rotatable bonds is 3. The smallest absolute Gasteiger partial charge is 0.129 e. The summed E-state index contributed by atoms with van der Waals surface area (Å²) in [5.41, 5.74) is 7.49. The molecule has 0 atom stereocenters. The molecule has 0 aromatic rings. The molecule has 0 spiro atoms. The van der Waals surface area contributed by atoms with Crippen LogP contribution in [0, 0.1) is 11.5 Å². The van der Waals surface area contributed by atoms with Crippen LogP contribution in [0.5, 0.6) is 0 Å². The van der Waals surface area contributed by atoms with Crippen molar-refractivity contribution in [2.75, 3.05) is 13.2 Å². The van der Waals surface area contributed by atoms with Crippen molar-refractivity contribution in [1.82, 2.24) is 0 Å². The normalized spacial score (nSPS) is 9.79. The fraction of sp³-hybridized carbons (Fsp3) is 0.583. The predicted octanol–water partition coefficient (Wildman–Crippen LogP) is 3.01. The Morgan fingerprint density at radius 2 is 1.93 bits per heavy atom. The van der Waals surface area contributed by atoms with E-state index in [2.05, 4.69) is 36.8 Å². The van der Waals surface area contributed by atoms with E-state index in [1.807, 2.05) is 19.9 Å². The third kappa shape index (κ3) is 11.3. The van der Waals surface area contributed by atoms with Gasteiger partial charge in [0, 0.05) is 0 Å². The molecule has 14 heavy (non-hydrogen) atoms. The topological polar surface area (TPSA) is 9.23 Å². The van der Waals surface area contributed by atoms with Crippen LogP contribution in [0.2, 0.25) is 19.6 Å². The van der Waals surface area contributed by atoms with Crippen molar-refractivity contribution in [2.45, 2.75) is 33.5 Å². The molecule has 0 bridgehead atoms. The van der Waals surface area contributed by atoms with Gasteiger partial charge < -0.3 is 4.74 Å². The Balaban J connectivity index is 3.66. The SMILES string of the molecule is CC(C)=C=CCOCC#C[Si](C)(C)C. The highest BCUT2D eigenvalue weighted by Crippen LogP contribution is 1.95. The minimum atomic E-state index is -1.21. The van der Waals surface area contributed by atoms with Crippen LogP contribution >= 0.6 is 0 Å². The standard InChI is InChI=1S/C12H20OSi/c1-12(2)8-6-9-13-10-7-11-14(3,4)5/h6H,9-10H2,1-5H3. The van der Waals surface area contributed by atoms with Crippen LogP contribution in [0.1, 0.15) is 13.8 Å². The van der Waals surface area contributed by atoms with Gasteiger partial charge in [-0.25, -0.2) is 0 Å². The summed E-state index contributed by atoms with van der Waals surface area (Å²) in [7, 11) is -1.21. The van der Waals surface area contributed by atoms with Gasteiger partial charge in [-0.15, -0.1) is 11.3 Å². The van der Waals surface area contributed by atoms with Crippen molar-refractivity contribution in [1.29, 1.82) is 0 Å². The van der Waals surface area contributed by atoms with Crippen LogP contribution in [0.4, 0.5) is 0 Å². The molecule has 0 unspecified atom stereocenters. The summed E-state index contributed by atoms with van der Waals surface area (Å²) in [5, 5.41) is 0. The van der Waals surface area contributed by atoms with Crippen molar-refractivity contribution < 1.29 is 4.74 Å². The van der Waals surface area contributed by atoms with E-state index in [1.54, 1.807) is 0 Å². The molecule has 0 aromatic carbocycles. The highest BCUT2D eigenvalue weighted by atomic mass is 28.3. The van der Waals surface area contributed by atoms with Gasteiger partial charge in [-0.05, 0) is 25.5 Å². The van der Waals surface area contributed by atoms with Gasteiger partial charge in [0.2, 0.25) is 0 Å². The van der Waals surface area contributed by atoms with E-state index in [1.165, 1.54) is 5.57 Å². The Bertz CT molecular complexity index is 276. The molecule has 0 aromatic heterocycles. The molecule has 0 N–H and O–H groups in total. The molecule has 0 aliphatic rings. The van der Waals surface area contributed by atoms with Crippen molar-refractivity contribution in [3.63, 3.8) is 0 Å². The van der Waals surface area contributed by atoms with E-state index in [0.29, 0.717) is 13.2 Å². The molecule has 78 valence electrons. The van der Waals surface area contributed by atoms with Gasteiger partial charge in [0.1, 0.15) is 14.7 Å². The van der Waals surface area contributed by atoms with E-state index in [9.17, 15) is 0 Å². The first-order valence-corrected chi connectivity index (χ1v) is 8.38. The summed E-state index contributed by atoms with van der Waals surface area (Å²) in [6.07, 6.45) is 1.89. The monoisotopic (exact) mass is 208 g/mol. The van der Waals surface area contributed by atoms with Gasteiger partial charge in [-0.2, -0.15) is 0 Å². The molecule has 0 aliphatic heterocycles. The summed E-state index contributed by atoms with van der Waals surface area (Å²) >= 11 is 0. The van der Waals surface area contributed by atoms with Crippen LogP contribution in [0.15, 0.2) is 17.4 Å². The third-order valence-corrected chi connectivity index (χ3v) is 2.16. The second kappa shape index (κ2) is 6.67. The fourth-order valence-electron chi connectivity index (χ4n) is 0.716. The van der Waals surface area contributed by atoms with Gasteiger partial charge in [-0.1, -0.05) is 25.6 Å². The average molecular weight is 208 g/mol. The first-order valence-electron chi connectivity index (χ1n) is 4.88. The zero-order valence-electron chi connectivity index (χ0n) is 9.90. The maximum Gasteiger partial charge on any atom is 0.129 e. The predicted molar refractivity (Wildman–Crippen MR) is 64.9 cm³/mol. The van der Waals surface area contributed by atoms with Gasteiger partial charge in [0.25, 0.3) is 0 Å². The molecule has 0 heterocycles. The first-order chi connectivity index (χ1) is 6.42. The molecule has 0 rings (SSSR count). The Morgan fingerprint density at radius 1 is 1.29 bits per heavy atom. The molecule has 1 nitrogen and oxygen atoms in total. The minimum absolute atomic E-state index is 0.533. The quantitative estimate of drug-likeness (QED) is 0.300. The van der Waals surface area contributed by atoms with Gasteiger partial charge >= 0.3 is 0 Å². The fourth-order valence-corrected chi connectivity index (χ4v) is 1.32. The molecule has 0 aliphatic carbocycles. The summed E-state index contributed by atoms with van der Waals surface area (Å²) in [6, 6.07) is 0. The third-order valence-electron chi connectivity index (χ3n) is 1.23. The van der Waals surface area contributed by atoms with Crippen LogP contribution in [0.3, 0.4) is 0 Å². The Hall–Kier alpha value is -0.743. The molecular weight excluding hydrogens is 188 g/mol. The summed E-state index contributed by atoms with van der Waals surface area (Å²) in [5.74, 6) is 3.05. The highest BCUT2D eigenvalue weighted by Gasteiger charge is 2.06. The van der Waals surface area contributed by atoms with E-state index in [-0.39, 0.29) is 0 Å². The Morgan fingerprint density at radius 3 is 2.43 bits per heavy atom. The average Bonchev–Trinajstić information content (AvgIpc) is 2.00.